The van der Waals surface area contributed by atoms with E-state index in [0.29, 0.717) is 13.0 Å². The van der Waals surface area contributed by atoms with E-state index in [2.05, 4.69) is 5.32 Å². The molecule has 0 spiro atoms. The Morgan fingerprint density at radius 1 is 1.33 bits per heavy atom. The van der Waals surface area contributed by atoms with Crippen LogP contribution in [0.5, 0.6) is 5.75 Å². The van der Waals surface area contributed by atoms with Crippen molar-refractivity contribution in [3.8, 4) is 5.75 Å². The predicted octanol–water partition coefficient (Wildman–Crippen LogP) is 1.47. The Kier molecular flexibility index (Phi) is 3.57. The Balaban J connectivity index is 1.76. The van der Waals surface area contributed by atoms with Gasteiger partial charge in [-0.15, -0.1) is 0 Å². The maximum Gasteiger partial charge on any atom is 0.228 e. The lowest BCUT2D eigenvalue weighted by atomic mass is 9.73. The number of ether oxygens (including phenoxy) is 1. The number of nitrogens with two attached hydrogens (primary N) is 1. The maximum atomic E-state index is 12.6. The zero-order valence-electron chi connectivity index (χ0n) is 11.9. The Morgan fingerprint density at radius 2 is 2.10 bits per heavy atom. The van der Waals surface area contributed by atoms with E-state index in [-0.39, 0.29) is 24.2 Å². The van der Waals surface area contributed by atoms with Crippen LogP contribution in [-0.2, 0) is 9.59 Å². The second kappa shape index (κ2) is 5.39. The van der Waals surface area contributed by atoms with Gasteiger partial charge in [0.2, 0.25) is 11.8 Å². The van der Waals surface area contributed by atoms with E-state index < -0.39 is 5.54 Å². The average Bonchev–Trinajstić information content (AvgIpc) is 2.43. The summed E-state index contributed by atoms with van der Waals surface area (Å²) >= 11 is 0. The molecule has 0 aromatic heterocycles. The van der Waals surface area contributed by atoms with E-state index in [1.807, 2.05) is 24.3 Å². The molecule has 1 aromatic rings. The summed E-state index contributed by atoms with van der Waals surface area (Å²) in [6, 6.07) is 7.63. The van der Waals surface area contributed by atoms with E-state index in [0.717, 1.165) is 30.6 Å². The number of nitrogens with one attached hydrogen (secondary N) is 1. The molecular weight excluding hydrogens is 268 g/mol. The van der Waals surface area contributed by atoms with Crippen molar-refractivity contribution in [1.29, 1.82) is 0 Å². The van der Waals surface area contributed by atoms with Gasteiger partial charge in [-0.2, -0.15) is 0 Å². The molecule has 1 atom stereocenters. The average molecular weight is 288 g/mol. The number of fused-ring (bicyclic) bond motifs is 1. The van der Waals surface area contributed by atoms with Crippen molar-refractivity contribution in [3.63, 3.8) is 0 Å². The number of hydrogen-bond acceptors (Lipinski definition) is 3. The number of benzene rings is 1. The Morgan fingerprint density at radius 3 is 2.76 bits per heavy atom. The molecule has 5 heteroatoms. The highest BCUT2D eigenvalue weighted by atomic mass is 16.5. The zero-order valence-corrected chi connectivity index (χ0v) is 11.9. The van der Waals surface area contributed by atoms with Gasteiger partial charge in [-0.3, -0.25) is 9.59 Å². The van der Waals surface area contributed by atoms with E-state index in [1.54, 1.807) is 0 Å². The predicted molar refractivity (Wildman–Crippen MR) is 77.8 cm³/mol. The van der Waals surface area contributed by atoms with Crippen LogP contribution in [0.25, 0.3) is 0 Å². The van der Waals surface area contributed by atoms with Gasteiger partial charge in [-0.25, -0.2) is 0 Å². The lowest BCUT2D eigenvalue weighted by Gasteiger charge is -2.43. The van der Waals surface area contributed by atoms with E-state index in [9.17, 15) is 9.59 Å². The normalized spacial score (nSPS) is 22.4. The quantitative estimate of drug-likeness (QED) is 0.880. The number of para-hydroxylation sites is 1. The largest absolute Gasteiger partial charge is 0.493 e. The molecule has 1 aliphatic carbocycles. The number of carbonyl (C=O) groups excluding carboxylic acids is 2. The number of primary amides is 1. The summed E-state index contributed by atoms with van der Waals surface area (Å²) in [5.41, 5.74) is 5.81. The molecule has 3 rings (SSSR count). The fraction of sp³-hybridized carbons (Fsp3) is 0.500. The monoisotopic (exact) mass is 288 g/mol. The molecule has 21 heavy (non-hydrogen) atoms. The molecule has 5 nitrogen and oxygen atoms in total. The highest BCUT2D eigenvalue weighted by Gasteiger charge is 2.41. The molecule has 1 heterocycles. The van der Waals surface area contributed by atoms with Crippen LogP contribution in [-0.4, -0.2) is 24.0 Å². The fourth-order valence-electron chi connectivity index (χ4n) is 3.25. The Labute approximate surface area is 123 Å². The molecular formula is C16H20N2O3. The molecule has 112 valence electrons. The summed E-state index contributed by atoms with van der Waals surface area (Å²) in [5.74, 6) is 0.191. The fourth-order valence-corrected chi connectivity index (χ4v) is 3.25. The summed E-state index contributed by atoms with van der Waals surface area (Å²) < 4.78 is 5.58. The minimum absolute atomic E-state index is 0.0216. The topological polar surface area (TPSA) is 81.4 Å². The van der Waals surface area contributed by atoms with E-state index >= 15 is 0 Å². The molecule has 1 fully saturated rings. The van der Waals surface area contributed by atoms with E-state index in [4.69, 9.17) is 10.5 Å². The third-order valence-corrected chi connectivity index (χ3v) is 4.49. The van der Waals surface area contributed by atoms with Crippen LogP contribution < -0.4 is 15.8 Å². The number of hydrogen-bond donors (Lipinski definition) is 2. The van der Waals surface area contributed by atoms with Crippen LogP contribution in [0.1, 0.15) is 43.6 Å². The first-order valence-electron chi connectivity index (χ1n) is 7.42. The molecule has 0 bridgehead atoms. The Bertz CT molecular complexity index is 566. The van der Waals surface area contributed by atoms with Crippen LogP contribution in [0.3, 0.4) is 0 Å². The summed E-state index contributed by atoms with van der Waals surface area (Å²) in [6.45, 7) is 0.540. The van der Waals surface area contributed by atoms with Crippen molar-refractivity contribution in [2.45, 2.75) is 43.6 Å². The van der Waals surface area contributed by atoms with Gasteiger partial charge in [0.05, 0.1) is 12.5 Å². The zero-order chi connectivity index (χ0) is 14.9. The van der Waals surface area contributed by atoms with Crippen LogP contribution in [0.4, 0.5) is 0 Å². The molecule has 2 amide bonds. The van der Waals surface area contributed by atoms with Crippen molar-refractivity contribution in [1.82, 2.24) is 5.32 Å². The summed E-state index contributed by atoms with van der Waals surface area (Å²) in [7, 11) is 0. The minimum Gasteiger partial charge on any atom is -0.493 e. The van der Waals surface area contributed by atoms with Crippen molar-refractivity contribution in [2.24, 2.45) is 5.73 Å². The van der Waals surface area contributed by atoms with Gasteiger partial charge < -0.3 is 15.8 Å². The van der Waals surface area contributed by atoms with Gasteiger partial charge >= 0.3 is 0 Å². The van der Waals surface area contributed by atoms with Gasteiger partial charge in [0.1, 0.15) is 5.75 Å². The van der Waals surface area contributed by atoms with E-state index in [1.165, 1.54) is 0 Å². The molecule has 1 saturated carbocycles. The first-order valence-corrected chi connectivity index (χ1v) is 7.42. The maximum absolute atomic E-state index is 12.6. The van der Waals surface area contributed by atoms with Gasteiger partial charge in [0.15, 0.2) is 0 Å². The molecule has 1 aromatic carbocycles. The van der Waals surface area contributed by atoms with Crippen LogP contribution in [0.15, 0.2) is 24.3 Å². The minimum atomic E-state index is -0.420. The standard InChI is InChI=1S/C16H20N2O3/c17-14(19)10-16(7-3-8-16)18-15(20)12-6-9-21-13-5-2-1-4-11(12)13/h1-2,4-5,12H,3,6-10H2,(H2,17,19)(H,18,20)/t12-/m0/s1. The third kappa shape index (κ3) is 2.73. The smallest absolute Gasteiger partial charge is 0.228 e. The summed E-state index contributed by atoms with van der Waals surface area (Å²) in [6.07, 6.45) is 3.57. The second-order valence-corrected chi connectivity index (χ2v) is 5.99. The summed E-state index contributed by atoms with van der Waals surface area (Å²) in [4.78, 5) is 23.8. The first kappa shape index (κ1) is 13.9. The van der Waals surface area contributed by atoms with Crippen LogP contribution >= 0.6 is 0 Å². The molecule has 0 saturated heterocycles. The first-order chi connectivity index (χ1) is 10.1. The van der Waals surface area contributed by atoms with Crippen molar-refractivity contribution in [3.05, 3.63) is 29.8 Å². The summed E-state index contributed by atoms with van der Waals surface area (Å²) in [5, 5.41) is 3.08. The van der Waals surface area contributed by atoms with Crippen LogP contribution in [0, 0.1) is 0 Å². The molecule has 3 N–H and O–H groups in total. The van der Waals surface area contributed by atoms with Crippen molar-refractivity contribution in [2.75, 3.05) is 6.61 Å². The highest BCUT2D eigenvalue weighted by Crippen LogP contribution is 2.38. The third-order valence-electron chi connectivity index (χ3n) is 4.49. The lowest BCUT2D eigenvalue weighted by molar-refractivity contribution is -0.128. The lowest BCUT2D eigenvalue weighted by Crippen LogP contribution is -2.56. The van der Waals surface area contributed by atoms with Gasteiger partial charge in [0, 0.05) is 17.5 Å². The van der Waals surface area contributed by atoms with Crippen molar-refractivity contribution >= 4 is 11.8 Å². The molecule has 1 aliphatic heterocycles. The molecule has 0 unspecified atom stereocenters. The van der Waals surface area contributed by atoms with Gasteiger partial charge in [-0.05, 0) is 31.7 Å². The Hall–Kier alpha value is -2.04. The number of carbonyl (C=O) groups is 2. The van der Waals surface area contributed by atoms with Gasteiger partial charge in [-0.1, -0.05) is 18.2 Å². The number of amides is 2. The number of rotatable bonds is 4. The van der Waals surface area contributed by atoms with Crippen molar-refractivity contribution < 1.29 is 14.3 Å². The molecule has 0 radical (unpaired) electrons. The molecule has 2 aliphatic rings. The van der Waals surface area contributed by atoms with Crippen LogP contribution in [0.2, 0.25) is 0 Å². The van der Waals surface area contributed by atoms with Gasteiger partial charge in [0.25, 0.3) is 0 Å². The second-order valence-electron chi connectivity index (χ2n) is 5.99. The highest BCUT2D eigenvalue weighted by molar-refractivity contribution is 5.86. The SMILES string of the molecule is NC(=O)CC1(NC(=O)[C@H]2CCOc3ccccc32)CCC1.